The Labute approximate surface area is 367 Å². The molecule has 5 atom stereocenters. The molecule has 1 aromatic heterocycles. The topological polar surface area (TPSA) is 153 Å². The number of amides is 2. The van der Waals surface area contributed by atoms with Gasteiger partial charge in [-0.3, -0.25) is 29.3 Å². The standard InChI is InChI=1S/C49H50N6O7Si/c1-32-47(63(3,4)39-22-20-38(61-2)21-23-39)45(26-27-52-30-42(50-51-52)40(31-56)34-10-6-5-7-11-34)62-49(32)41-28-37(55(59)60)19-24-44(41)53(48(49)58)29-33-14-17-36(18-15-33)54-43-13-9-8-12-35(43)16-25-46(54)57/h5-15,17-24,28,30,32,40,45,47,56H,16,25-27,29,31H2,1-4H3/t32-,40?,45+,47-,49+/m1/s1. The maximum Gasteiger partial charge on any atom is 0.269 e. The highest BCUT2D eigenvalue weighted by atomic mass is 28.3. The predicted octanol–water partition coefficient (Wildman–Crippen LogP) is 7.78. The molecular weight excluding hydrogens is 813 g/mol. The van der Waals surface area contributed by atoms with E-state index in [4.69, 9.17) is 9.47 Å². The van der Waals surface area contributed by atoms with E-state index in [0.717, 1.165) is 33.8 Å². The van der Waals surface area contributed by atoms with Gasteiger partial charge in [0.25, 0.3) is 11.6 Å². The molecule has 1 N–H and O–H groups in total. The average molecular weight is 863 g/mol. The van der Waals surface area contributed by atoms with Crippen molar-refractivity contribution in [3.8, 4) is 5.75 Å². The summed E-state index contributed by atoms with van der Waals surface area (Å²) in [5, 5.41) is 32.8. The van der Waals surface area contributed by atoms with Gasteiger partial charge in [-0.25, -0.2) is 0 Å². The minimum Gasteiger partial charge on any atom is -0.497 e. The fraction of sp³-hybridized carbons (Fsp3) is 0.306. The number of benzene rings is 5. The smallest absolute Gasteiger partial charge is 0.269 e. The first-order valence-corrected chi connectivity index (χ1v) is 24.5. The van der Waals surface area contributed by atoms with Crippen LogP contribution in [0.5, 0.6) is 5.75 Å². The number of carbonyl (C=O) groups excluding carboxylic acids is 2. The molecule has 13 nitrogen and oxygen atoms in total. The second-order valence-corrected chi connectivity index (χ2v) is 22.1. The van der Waals surface area contributed by atoms with Gasteiger partial charge in [-0.05, 0) is 71.5 Å². The van der Waals surface area contributed by atoms with Crippen LogP contribution in [0.3, 0.4) is 0 Å². The van der Waals surface area contributed by atoms with Gasteiger partial charge in [0.1, 0.15) is 5.75 Å². The highest BCUT2D eigenvalue weighted by Gasteiger charge is 2.66. The van der Waals surface area contributed by atoms with Crippen molar-refractivity contribution < 1.29 is 29.1 Å². The Morgan fingerprint density at radius 3 is 2.38 bits per heavy atom. The molecule has 1 unspecified atom stereocenters. The number of hydrogen-bond donors (Lipinski definition) is 1. The highest BCUT2D eigenvalue weighted by molar-refractivity contribution is 6.91. The highest BCUT2D eigenvalue weighted by Crippen LogP contribution is 2.60. The Morgan fingerprint density at radius 2 is 1.67 bits per heavy atom. The summed E-state index contributed by atoms with van der Waals surface area (Å²) in [4.78, 5) is 44.1. The third-order valence-electron chi connectivity index (χ3n) is 13.6. The molecule has 6 aromatic rings. The van der Waals surface area contributed by atoms with Gasteiger partial charge in [-0.1, -0.05) is 103 Å². The molecule has 2 amide bonds. The number of para-hydroxylation sites is 1. The van der Waals surface area contributed by atoms with Crippen molar-refractivity contribution in [2.45, 2.75) is 75.5 Å². The van der Waals surface area contributed by atoms with Crippen molar-refractivity contribution in [1.82, 2.24) is 15.0 Å². The summed E-state index contributed by atoms with van der Waals surface area (Å²) in [7, 11) is -0.896. The number of non-ortho nitro benzene ring substituents is 1. The molecule has 0 radical (unpaired) electrons. The number of rotatable bonds is 13. The number of anilines is 3. The van der Waals surface area contributed by atoms with Crippen LogP contribution in [0.4, 0.5) is 22.7 Å². The lowest BCUT2D eigenvalue weighted by molar-refractivity contribution is -0.385. The lowest BCUT2D eigenvalue weighted by Gasteiger charge is -2.37. The van der Waals surface area contributed by atoms with Gasteiger partial charge in [0.05, 0.1) is 62.3 Å². The molecule has 3 aliphatic heterocycles. The summed E-state index contributed by atoms with van der Waals surface area (Å²) in [6.07, 6.45) is 3.01. The van der Waals surface area contributed by atoms with Crippen molar-refractivity contribution in [3.63, 3.8) is 0 Å². The van der Waals surface area contributed by atoms with Gasteiger partial charge in [0, 0.05) is 48.5 Å². The van der Waals surface area contributed by atoms with Gasteiger partial charge in [-0.15, -0.1) is 5.10 Å². The maximum atomic E-state index is 15.5. The van der Waals surface area contributed by atoms with E-state index in [0.29, 0.717) is 42.8 Å². The number of carbonyl (C=O) groups is 2. The van der Waals surface area contributed by atoms with Crippen LogP contribution in [0.15, 0.2) is 128 Å². The quantitative estimate of drug-likeness (QED) is 0.0697. The lowest BCUT2D eigenvalue weighted by atomic mass is 9.82. The van der Waals surface area contributed by atoms with Gasteiger partial charge in [0.15, 0.2) is 5.60 Å². The lowest BCUT2D eigenvalue weighted by Crippen LogP contribution is -2.51. The number of hydrogen-bond acceptors (Lipinski definition) is 9. The van der Waals surface area contributed by atoms with Crippen LogP contribution in [-0.4, -0.2) is 64.7 Å². The summed E-state index contributed by atoms with van der Waals surface area (Å²) < 4.78 is 14.6. The fourth-order valence-electron chi connectivity index (χ4n) is 10.4. The van der Waals surface area contributed by atoms with Crippen LogP contribution in [0.1, 0.15) is 53.6 Å². The Bertz CT molecular complexity index is 2670. The molecule has 1 spiro atoms. The number of aliphatic hydroxyl groups excluding tert-OH is 1. The molecule has 4 heterocycles. The first kappa shape index (κ1) is 41.8. The van der Waals surface area contributed by atoms with Gasteiger partial charge in [-0.2, -0.15) is 0 Å². The van der Waals surface area contributed by atoms with E-state index < -0.39 is 24.7 Å². The Morgan fingerprint density at radius 1 is 0.937 bits per heavy atom. The molecule has 14 heteroatoms. The number of nitrogens with zero attached hydrogens (tertiary/aromatic N) is 6. The molecule has 0 bridgehead atoms. The molecule has 0 saturated carbocycles. The molecule has 3 aliphatic rings. The molecule has 322 valence electrons. The van der Waals surface area contributed by atoms with Crippen molar-refractivity contribution in [3.05, 3.63) is 166 Å². The number of nitro benzene ring substituents is 1. The van der Waals surface area contributed by atoms with Gasteiger partial charge < -0.3 is 19.5 Å². The summed E-state index contributed by atoms with van der Waals surface area (Å²) in [5.74, 6) is -0.223. The molecule has 0 aliphatic carbocycles. The van der Waals surface area contributed by atoms with Gasteiger partial charge in [0.2, 0.25) is 5.91 Å². The number of nitro groups is 1. The third kappa shape index (κ3) is 7.31. The molecule has 9 rings (SSSR count). The number of aryl methyl sites for hydroxylation is 2. The SMILES string of the molecule is COc1ccc([Si](C)(C)[C@H]2[C@H](CCn3cc(C(CO)c4ccccc4)nn3)O[C@@]3(C(=O)N(Cc4ccc(N5C(=O)CCc6ccccc65)cc4)c4ccc([N+](=O)[O-])cc43)[C@@H]2C)cc1. The van der Waals surface area contributed by atoms with E-state index in [2.05, 4.69) is 42.5 Å². The Kier molecular flexibility index (Phi) is 11.1. The molecule has 1 fully saturated rings. The van der Waals surface area contributed by atoms with Crippen LogP contribution in [-0.2, 0) is 39.4 Å². The monoisotopic (exact) mass is 862 g/mol. The number of fused-ring (bicyclic) bond motifs is 3. The predicted molar refractivity (Wildman–Crippen MR) is 242 cm³/mol. The van der Waals surface area contributed by atoms with E-state index in [-0.39, 0.29) is 48.0 Å². The van der Waals surface area contributed by atoms with Crippen LogP contribution in [0.25, 0.3) is 0 Å². The van der Waals surface area contributed by atoms with E-state index in [1.807, 2.05) is 97.2 Å². The zero-order chi connectivity index (χ0) is 44.0. The minimum atomic E-state index is -2.53. The van der Waals surface area contributed by atoms with Crippen LogP contribution < -0.4 is 19.7 Å². The number of aromatic nitrogens is 3. The van der Waals surface area contributed by atoms with Gasteiger partial charge >= 0.3 is 0 Å². The average Bonchev–Trinajstić information content (AvgIpc) is 3.96. The number of methoxy groups -OCH3 is 1. The largest absolute Gasteiger partial charge is 0.497 e. The van der Waals surface area contributed by atoms with Crippen LogP contribution in [0.2, 0.25) is 18.6 Å². The second-order valence-electron chi connectivity index (χ2n) is 17.4. The summed E-state index contributed by atoms with van der Waals surface area (Å²) >= 11 is 0. The minimum absolute atomic E-state index is 0.0250. The van der Waals surface area contributed by atoms with E-state index in [1.165, 1.54) is 17.3 Å². The number of ether oxygens (including phenoxy) is 2. The van der Waals surface area contributed by atoms with Crippen LogP contribution in [0, 0.1) is 16.0 Å². The zero-order valence-corrected chi connectivity index (χ0v) is 36.8. The normalized spacial score (nSPS) is 21.1. The molecular formula is C49H50N6O7Si. The maximum absolute atomic E-state index is 15.5. The second kappa shape index (κ2) is 16.7. The van der Waals surface area contributed by atoms with E-state index in [9.17, 15) is 20.0 Å². The van der Waals surface area contributed by atoms with Crippen molar-refractivity contribution >= 4 is 47.8 Å². The molecule has 1 saturated heterocycles. The zero-order valence-electron chi connectivity index (χ0n) is 35.8. The summed E-state index contributed by atoms with van der Waals surface area (Å²) in [5.41, 5.74) is 4.45. The summed E-state index contributed by atoms with van der Waals surface area (Å²) in [6.45, 7) is 7.14. The summed E-state index contributed by atoms with van der Waals surface area (Å²) in [6, 6.07) is 38.1. The van der Waals surface area contributed by atoms with E-state index >= 15 is 4.79 Å². The van der Waals surface area contributed by atoms with E-state index in [1.54, 1.807) is 27.7 Å². The fourth-order valence-corrected chi connectivity index (χ4v) is 14.4. The number of aliphatic hydroxyl groups is 1. The first-order chi connectivity index (χ1) is 30.4. The molecule has 5 aromatic carbocycles. The third-order valence-corrected chi connectivity index (χ3v) is 18.0. The van der Waals surface area contributed by atoms with Crippen molar-refractivity contribution in [2.75, 3.05) is 23.5 Å². The van der Waals surface area contributed by atoms with Crippen molar-refractivity contribution in [2.24, 2.45) is 5.92 Å². The Balaban J connectivity index is 1.07. The molecule has 63 heavy (non-hydrogen) atoms. The van der Waals surface area contributed by atoms with Crippen LogP contribution >= 0.6 is 0 Å². The Hall–Kier alpha value is -6.48. The van der Waals surface area contributed by atoms with Crippen molar-refractivity contribution in [1.29, 1.82) is 0 Å². The first-order valence-electron chi connectivity index (χ1n) is 21.4.